The lowest BCUT2D eigenvalue weighted by atomic mass is 10.2. The van der Waals surface area contributed by atoms with Crippen molar-refractivity contribution in [3.05, 3.63) is 0 Å². The molecule has 0 aromatic heterocycles. The van der Waals surface area contributed by atoms with E-state index in [-0.39, 0.29) is 0 Å². The Morgan fingerprint density at radius 2 is 2.44 bits per heavy atom. The van der Waals surface area contributed by atoms with Crippen LogP contribution in [-0.4, -0.2) is 48.0 Å². The highest BCUT2D eigenvalue weighted by molar-refractivity contribution is 8.14. The zero-order chi connectivity index (χ0) is 11.4. The van der Waals surface area contributed by atoms with Crippen LogP contribution in [0.2, 0.25) is 0 Å². The Morgan fingerprint density at radius 3 is 3.12 bits per heavy atom. The Balaban J connectivity index is 1.67. The third-order valence-electron chi connectivity index (χ3n) is 3.49. The SMILES string of the molecule is CCCC1CN=C(NCC2CCCN2C)S1. The van der Waals surface area contributed by atoms with E-state index >= 15 is 0 Å². The summed E-state index contributed by atoms with van der Waals surface area (Å²) in [6.45, 7) is 5.59. The van der Waals surface area contributed by atoms with Gasteiger partial charge < -0.3 is 10.2 Å². The van der Waals surface area contributed by atoms with Crippen molar-refractivity contribution in [1.29, 1.82) is 0 Å². The van der Waals surface area contributed by atoms with E-state index in [2.05, 4.69) is 29.2 Å². The van der Waals surface area contributed by atoms with Gasteiger partial charge in [-0.2, -0.15) is 0 Å². The molecule has 1 saturated heterocycles. The summed E-state index contributed by atoms with van der Waals surface area (Å²) in [5.74, 6) is 0. The fraction of sp³-hybridized carbons (Fsp3) is 0.917. The summed E-state index contributed by atoms with van der Waals surface area (Å²) in [4.78, 5) is 7.03. The molecule has 1 fully saturated rings. The molecule has 2 unspecified atom stereocenters. The van der Waals surface area contributed by atoms with Crippen molar-refractivity contribution in [2.24, 2.45) is 4.99 Å². The lowest BCUT2D eigenvalue weighted by Crippen LogP contribution is -2.37. The van der Waals surface area contributed by atoms with Gasteiger partial charge >= 0.3 is 0 Å². The van der Waals surface area contributed by atoms with Crippen LogP contribution in [0.15, 0.2) is 4.99 Å². The number of hydrogen-bond acceptors (Lipinski definition) is 4. The highest BCUT2D eigenvalue weighted by Gasteiger charge is 2.23. The van der Waals surface area contributed by atoms with Crippen LogP contribution in [0.4, 0.5) is 0 Å². The topological polar surface area (TPSA) is 27.6 Å². The van der Waals surface area contributed by atoms with E-state index in [9.17, 15) is 0 Å². The summed E-state index contributed by atoms with van der Waals surface area (Å²) in [7, 11) is 2.23. The van der Waals surface area contributed by atoms with Crippen LogP contribution in [0.3, 0.4) is 0 Å². The standard InChI is InChI=1S/C12H23N3S/c1-3-5-11-9-14-12(16-11)13-8-10-6-4-7-15(10)2/h10-11H,3-9H2,1-2H3,(H,13,14). The van der Waals surface area contributed by atoms with Crippen molar-refractivity contribution in [1.82, 2.24) is 10.2 Å². The minimum atomic E-state index is 0.716. The fourth-order valence-electron chi connectivity index (χ4n) is 2.43. The highest BCUT2D eigenvalue weighted by atomic mass is 32.2. The van der Waals surface area contributed by atoms with Crippen molar-refractivity contribution < 1.29 is 0 Å². The first-order valence-electron chi connectivity index (χ1n) is 6.44. The lowest BCUT2D eigenvalue weighted by molar-refractivity contribution is 0.310. The molecule has 1 N–H and O–H groups in total. The Kier molecular flexibility index (Phi) is 4.53. The first-order chi connectivity index (χ1) is 7.79. The number of amidine groups is 1. The molecule has 2 atom stereocenters. The van der Waals surface area contributed by atoms with Gasteiger partial charge in [0.2, 0.25) is 0 Å². The molecular formula is C12H23N3S. The molecule has 0 aromatic carbocycles. The smallest absolute Gasteiger partial charge is 0.156 e. The molecule has 0 radical (unpaired) electrons. The van der Waals surface area contributed by atoms with Crippen LogP contribution in [0, 0.1) is 0 Å². The summed E-state index contributed by atoms with van der Waals surface area (Å²) in [5.41, 5.74) is 0. The zero-order valence-electron chi connectivity index (χ0n) is 10.4. The molecule has 16 heavy (non-hydrogen) atoms. The molecule has 2 heterocycles. The van der Waals surface area contributed by atoms with E-state index in [0.717, 1.165) is 18.3 Å². The molecule has 0 aliphatic carbocycles. The third-order valence-corrected chi connectivity index (χ3v) is 4.70. The van der Waals surface area contributed by atoms with E-state index in [1.54, 1.807) is 0 Å². The number of nitrogens with one attached hydrogen (secondary N) is 1. The van der Waals surface area contributed by atoms with E-state index in [1.165, 1.54) is 37.4 Å². The molecule has 0 bridgehead atoms. The summed E-state index contributed by atoms with van der Waals surface area (Å²) in [6, 6.07) is 0.716. The number of likely N-dealkylation sites (tertiary alicyclic amines) is 1. The van der Waals surface area contributed by atoms with Crippen LogP contribution in [0.25, 0.3) is 0 Å². The minimum Gasteiger partial charge on any atom is -0.363 e. The summed E-state index contributed by atoms with van der Waals surface area (Å²) < 4.78 is 0. The lowest BCUT2D eigenvalue weighted by Gasteiger charge is -2.20. The number of thioether (sulfide) groups is 1. The number of rotatable bonds is 4. The van der Waals surface area contributed by atoms with Gasteiger partial charge in [-0.15, -0.1) is 0 Å². The monoisotopic (exact) mass is 241 g/mol. The largest absolute Gasteiger partial charge is 0.363 e. The molecular weight excluding hydrogens is 218 g/mol. The molecule has 0 saturated carbocycles. The summed E-state index contributed by atoms with van der Waals surface area (Å²) in [6.07, 6.45) is 5.25. The van der Waals surface area contributed by atoms with Crippen molar-refractivity contribution in [3.63, 3.8) is 0 Å². The fourth-order valence-corrected chi connectivity index (χ4v) is 3.56. The van der Waals surface area contributed by atoms with Crippen LogP contribution >= 0.6 is 11.8 Å². The van der Waals surface area contributed by atoms with Gasteiger partial charge in [0, 0.05) is 17.8 Å². The molecule has 92 valence electrons. The quantitative estimate of drug-likeness (QED) is 0.815. The second-order valence-corrected chi connectivity index (χ2v) is 6.12. The van der Waals surface area contributed by atoms with Crippen molar-refractivity contribution >= 4 is 16.9 Å². The average molecular weight is 241 g/mol. The van der Waals surface area contributed by atoms with Crippen molar-refractivity contribution in [3.8, 4) is 0 Å². The molecule has 2 aliphatic heterocycles. The molecule has 2 rings (SSSR count). The van der Waals surface area contributed by atoms with Gasteiger partial charge in [0.1, 0.15) is 0 Å². The molecule has 3 nitrogen and oxygen atoms in total. The molecule has 2 aliphatic rings. The predicted octanol–water partition coefficient (Wildman–Crippen LogP) is 1.94. The Morgan fingerprint density at radius 1 is 1.56 bits per heavy atom. The maximum Gasteiger partial charge on any atom is 0.156 e. The Hall–Kier alpha value is -0.220. The van der Waals surface area contributed by atoms with E-state index in [4.69, 9.17) is 0 Å². The number of hydrogen-bond donors (Lipinski definition) is 1. The van der Waals surface area contributed by atoms with Gasteiger partial charge in [0.25, 0.3) is 0 Å². The predicted molar refractivity (Wildman–Crippen MR) is 72.2 cm³/mol. The van der Waals surface area contributed by atoms with Gasteiger partial charge in [-0.25, -0.2) is 0 Å². The van der Waals surface area contributed by atoms with Crippen molar-refractivity contribution in [2.45, 2.75) is 43.9 Å². The maximum absolute atomic E-state index is 4.57. The molecule has 4 heteroatoms. The normalized spacial score (nSPS) is 30.8. The van der Waals surface area contributed by atoms with E-state index in [0.29, 0.717) is 6.04 Å². The van der Waals surface area contributed by atoms with Crippen molar-refractivity contribution in [2.75, 3.05) is 26.7 Å². The number of aliphatic imine (C=N–C) groups is 1. The molecule has 0 aromatic rings. The first-order valence-corrected chi connectivity index (χ1v) is 7.32. The second kappa shape index (κ2) is 5.92. The van der Waals surface area contributed by atoms with Gasteiger partial charge in [0.05, 0.1) is 6.54 Å². The zero-order valence-corrected chi connectivity index (χ0v) is 11.2. The molecule has 0 amide bonds. The number of likely N-dealkylation sites (N-methyl/N-ethyl adjacent to an activating group) is 1. The minimum absolute atomic E-state index is 0.716. The van der Waals surface area contributed by atoms with Crippen LogP contribution in [0.5, 0.6) is 0 Å². The summed E-state index contributed by atoms with van der Waals surface area (Å²) in [5, 5.41) is 5.42. The van der Waals surface area contributed by atoms with E-state index < -0.39 is 0 Å². The molecule has 0 spiro atoms. The Bertz CT molecular complexity index is 255. The van der Waals surface area contributed by atoms with Crippen LogP contribution in [0.1, 0.15) is 32.6 Å². The van der Waals surface area contributed by atoms with E-state index in [1.807, 2.05) is 11.8 Å². The van der Waals surface area contributed by atoms with Crippen LogP contribution < -0.4 is 5.32 Å². The average Bonchev–Trinajstić information content (AvgIpc) is 2.86. The Labute approximate surface area is 103 Å². The number of nitrogens with zero attached hydrogens (tertiary/aromatic N) is 2. The van der Waals surface area contributed by atoms with Gasteiger partial charge in [-0.05, 0) is 32.9 Å². The van der Waals surface area contributed by atoms with Gasteiger partial charge in [-0.1, -0.05) is 25.1 Å². The van der Waals surface area contributed by atoms with Crippen LogP contribution in [-0.2, 0) is 0 Å². The third kappa shape index (κ3) is 3.14. The highest BCUT2D eigenvalue weighted by Crippen LogP contribution is 2.23. The van der Waals surface area contributed by atoms with Gasteiger partial charge in [0.15, 0.2) is 5.17 Å². The first kappa shape index (κ1) is 12.2. The maximum atomic E-state index is 4.57. The van der Waals surface area contributed by atoms with Gasteiger partial charge in [-0.3, -0.25) is 4.99 Å². The summed E-state index contributed by atoms with van der Waals surface area (Å²) >= 11 is 1.94. The second-order valence-electron chi connectivity index (χ2n) is 4.83.